The normalized spacial score (nSPS) is 18.1. The van der Waals surface area contributed by atoms with Crippen LogP contribution < -0.4 is 0 Å². The van der Waals surface area contributed by atoms with Crippen molar-refractivity contribution in [2.75, 3.05) is 12.0 Å². The van der Waals surface area contributed by atoms with Crippen molar-refractivity contribution in [2.24, 2.45) is 4.99 Å². The first-order chi connectivity index (χ1) is 8.13. The van der Waals surface area contributed by atoms with Gasteiger partial charge in [0.1, 0.15) is 5.82 Å². The third kappa shape index (κ3) is 2.34. The number of aliphatic imine (C=N–C) groups is 1. The molecule has 90 valence electrons. The van der Waals surface area contributed by atoms with E-state index in [-0.39, 0.29) is 23.1 Å². The molecular formula is C12H12FNO2S. The number of carbonyl (C=O) groups is 1. The number of esters is 1. The molecule has 1 aromatic carbocycles. The summed E-state index contributed by atoms with van der Waals surface area (Å²) in [6, 6.07) is 4.32. The molecule has 0 amide bonds. The predicted octanol–water partition coefficient (Wildman–Crippen LogP) is 2.49. The van der Waals surface area contributed by atoms with E-state index in [1.165, 1.54) is 12.1 Å². The molecule has 0 saturated heterocycles. The quantitative estimate of drug-likeness (QED) is 0.777. The summed E-state index contributed by atoms with van der Waals surface area (Å²) in [7, 11) is 0. The molecule has 0 aromatic heterocycles. The fourth-order valence-corrected chi connectivity index (χ4v) is 2.23. The molecule has 0 bridgehead atoms. The highest BCUT2D eigenvalue weighted by Crippen LogP contribution is 2.23. The van der Waals surface area contributed by atoms with Crippen LogP contribution in [0.4, 0.5) is 4.39 Å². The van der Waals surface area contributed by atoms with Gasteiger partial charge in [-0.3, -0.25) is 0 Å². The lowest BCUT2D eigenvalue weighted by molar-refractivity contribution is 0.0736. The number of ether oxygens (including phenoxy) is 1. The van der Waals surface area contributed by atoms with Gasteiger partial charge in [-0.1, -0.05) is 6.07 Å². The molecule has 2 rings (SSSR count). The molecule has 1 heterocycles. The van der Waals surface area contributed by atoms with Crippen LogP contribution in [0.2, 0.25) is 0 Å². The van der Waals surface area contributed by atoms with Gasteiger partial charge in [-0.05, 0) is 25.3 Å². The van der Waals surface area contributed by atoms with Crippen LogP contribution in [-0.2, 0) is 4.74 Å². The SMILES string of the molecule is CSCC(C)/N=C1/OC(=O)c2cccc(F)c21. The highest BCUT2D eigenvalue weighted by Gasteiger charge is 2.31. The van der Waals surface area contributed by atoms with Crippen molar-refractivity contribution in [3.05, 3.63) is 35.1 Å². The Kier molecular flexibility index (Phi) is 3.47. The summed E-state index contributed by atoms with van der Waals surface area (Å²) in [5.74, 6) is -0.104. The van der Waals surface area contributed by atoms with Gasteiger partial charge in [0.15, 0.2) is 0 Å². The second-order valence-electron chi connectivity index (χ2n) is 3.79. The van der Waals surface area contributed by atoms with Gasteiger partial charge in [0, 0.05) is 5.75 Å². The molecule has 0 spiro atoms. The zero-order valence-corrected chi connectivity index (χ0v) is 10.4. The van der Waals surface area contributed by atoms with Gasteiger partial charge in [0.2, 0.25) is 5.90 Å². The average Bonchev–Trinajstić information content (AvgIpc) is 2.57. The Labute approximate surface area is 103 Å². The topological polar surface area (TPSA) is 38.7 Å². The van der Waals surface area contributed by atoms with Crippen molar-refractivity contribution in [3.63, 3.8) is 0 Å². The summed E-state index contributed by atoms with van der Waals surface area (Å²) >= 11 is 1.64. The van der Waals surface area contributed by atoms with Gasteiger partial charge in [0.25, 0.3) is 0 Å². The van der Waals surface area contributed by atoms with Crippen LogP contribution in [0, 0.1) is 5.82 Å². The lowest BCUT2D eigenvalue weighted by Gasteiger charge is -2.05. The van der Waals surface area contributed by atoms with Gasteiger partial charge in [-0.25, -0.2) is 14.2 Å². The highest BCUT2D eigenvalue weighted by molar-refractivity contribution is 7.98. The van der Waals surface area contributed by atoms with Crippen molar-refractivity contribution in [2.45, 2.75) is 13.0 Å². The number of nitrogens with zero attached hydrogens (tertiary/aromatic N) is 1. The Morgan fingerprint density at radius 2 is 2.29 bits per heavy atom. The monoisotopic (exact) mass is 253 g/mol. The Bertz CT molecular complexity index is 487. The van der Waals surface area contributed by atoms with E-state index in [1.807, 2.05) is 13.2 Å². The van der Waals surface area contributed by atoms with Crippen LogP contribution in [0.15, 0.2) is 23.2 Å². The van der Waals surface area contributed by atoms with Crippen LogP contribution in [0.3, 0.4) is 0 Å². The number of thioether (sulfide) groups is 1. The number of halogens is 1. The first kappa shape index (κ1) is 12.1. The number of cyclic esters (lactones) is 1. The fraction of sp³-hybridized carbons (Fsp3) is 0.333. The van der Waals surface area contributed by atoms with Gasteiger partial charge >= 0.3 is 5.97 Å². The molecule has 0 radical (unpaired) electrons. The Hall–Kier alpha value is -1.36. The van der Waals surface area contributed by atoms with Gasteiger partial charge in [-0.2, -0.15) is 11.8 Å². The van der Waals surface area contributed by atoms with E-state index in [0.717, 1.165) is 5.75 Å². The van der Waals surface area contributed by atoms with Crippen LogP contribution in [0.5, 0.6) is 0 Å². The zero-order valence-electron chi connectivity index (χ0n) is 9.57. The second kappa shape index (κ2) is 4.87. The minimum absolute atomic E-state index is 0.0154. The molecule has 1 aliphatic rings. The molecule has 1 unspecified atom stereocenters. The molecular weight excluding hydrogens is 241 g/mol. The van der Waals surface area contributed by atoms with Crippen LogP contribution in [0.25, 0.3) is 0 Å². The number of hydrogen-bond acceptors (Lipinski definition) is 4. The van der Waals surface area contributed by atoms with Gasteiger partial charge < -0.3 is 4.74 Å². The number of carbonyl (C=O) groups excluding carboxylic acids is 1. The predicted molar refractivity (Wildman–Crippen MR) is 66.2 cm³/mol. The number of fused-ring (bicyclic) bond motifs is 1. The fourth-order valence-electron chi connectivity index (χ4n) is 1.67. The summed E-state index contributed by atoms with van der Waals surface area (Å²) in [5, 5.41) is 0. The third-order valence-electron chi connectivity index (χ3n) is 2.38. The Morgan fingerprint density at radius 1 is 1.53 bits per heavy atom. The van der Waals surface area contributed by atoms with E-state index < -0.39 is 11.8 Å². The van der Waals surface area contributed by atoms with E-state index in [1.54, 1.807) is 17.8 Å². The minimum atomic E-state index is -0.533. The molecule has 1 atom stereocenters. The number of benzene rings is 1. The molecule has 5 heteroatoms. The molecule has 0 aliphatic carbocycles. The maximum absolute atomic E-state index is 13.6. The van der Waals surface area contributed by atoms with Crippen LogP contribution in [-0.4, -0.2) is 29.9 Å². The van der Waals surface area contributed by atoms with Crippen LogP contribution >= 0.6 is 11.8 Å². The molecule has 3 nitrogen and oxygen atoms in total. The standard InChI is InChI=1S/C12H12FNO2S/c1-7(6-17-2)14-11-10-8(12(15)16-11)4-3-5-9(10)13/h3-5,7H,6H2,1-2H3/b14-11+. The first-order valence-corrected chi connectivity index (χ1v) is 6.60. The van der Waals surface area contributed by atoms with E-state index in [4.69, 9.17) is 4.74 Å². The Morgan fingerprint density at radius 3 is 3.00 bits per heavy atom. The number of rotatable bonds is 3. The summed E-state index contributed by atoms with van der Waals surface area (Å²) < 4.78 is 18.6. The average molecular weight is 253 g/mol. The smallest absolute Gasteiger partial charge is 0.345 e. The largest absolute Gasteiger partial charge is 0.403 e. The summed E-state index contributed by atoms with van der Waals surface area (Å²) in [5.41, 5.74) is 0.436. The molecule has 1 aliphatic heterocycles. The van der Waals surface area contributed by atoms with E-state index in [9.17, 15) is 9.18 Å². The third-order valence-corrected chi connectivity index (χ3v) is 3.20. The van der Waals surface area contributed by atoms with E-state index in [2.05, 4.69) is 4.99 Å². The lowest BCUT2D eigenvalue weighted by Crippen LogP contribution is -2.10. The summed E-state index contributed by atoms with van der Waals surface area (Å²) in [6.07, 6.45) is 1.96. The number of hydrogen-bond donors (Lipinski definition) is 0. The van der Waals surface area contributed by atoms with Crippen molar-refractivity contribution in [1.29, 1.82) is 0 Å². The second-order valence-corrected chi connectivity index (χ2v) is 4.70. The van der Waals surface area contributed by atoms with E-state index in [0.29, 0.717) is 0 Å². The van der Waals surface area contributed by atoms with Crippen molar-refractivity contribution in [3.8, 4) is 0 Å². The van der Waals surface area contributed by atoms with E-state index >= 15 is 0 Å². The molecule has 0 fully saturated rings. The molecule has 0 saturated carbocycles. The maximum Gasteiger partial charge on any atom is 0.345 e. The van der Waals surface area contributed by atoms with Crippen molar-refractivity contribution in [1.82, 2.24) is 0 Å². The lowest BCUT2D eigenvalue weighted by atomic mass is 10.1. The highest BCUT2D eigenvalue weighted by atomic mass is 32.2. The molecule has 0 N–H and O–H groups in total. The van der Waals surface area contributed by atoms with Crippen molar-refractivity contribution >= 4 is 23.6 Å². The summed E-state index contributed by atoms with van der Waals surface area (Å²) in [6.45, 7) is 1.90. The van der Waals surface area contributed by atoms with Crippen LogP contribution in [0.1, 0.15) is 22.8 Å². The maximum atomic E-state index is 13.6. The first-order valence-electron chi connectivity index (χ1n) is 5.21. The zero-order chi connectivity index (χ0) is 12.4. The molecule has 1 aromatic rings. The molecule has 17 heavy (non-hydrogen) atoms. The minimum Gasteiger partial charge on any atom is -0.403 e. The van der Waals surface area contributed by atoms with Gasteiger partial charge in [0.05, 0.1) is 17.2 Å². The summed E-state index contributed by atoms with van der Waals surface area (Å²) in [4.78, 5) is 15.7. The van der Waals surface area contributed by atoms with Crippen molar-refractivity contribution < 1.29 is 13.9 Å². The Balaban J connectivity index is 2.39. The van der Waals surface area contributed by atoms with Gasteiger partial charge in [-0.15, -0.1) is 0 Å².